The van der Waals surface area contributed by atoms with E-state index in [9.17, 15) is 3.89 Å². The number of aromatic nitrogens is 2. The molecule has 0 aromatic carbocycles. The SMILES string of the molecule is Cc1cc2cnc(Cl)cc2n1SF. The van der Waals surface area contributed by atoms with Crippen LogP contribution in [0.4, 0.5) is 3.89 Å². The maximum absolute atomic E-state index is 12.5. The van der Waals surface area contributed by atoms with E-state index >= 15 is 0 Å². The van der Waals surface area contributed by atoms with Crippen LogP contribution in [0.1, 0.15) is 5.69 Å². The van der Waals surface area contributed by atoms with Gasteiger partial charge in [0.25, 0.3) is 0 Å². The summed E-state index contributed by atoms with van der Waals surface area (Å²) in [5.41, 5.74) is 1.59. The van der Waals surface area contributed by atoms with Gasteiger partial charge in [0.15, 0.2) is 12.3 Å². The van der Waals surface area contributed by atoms with Crippen LogP contribution in [0.25, 0.3) is 10.9 Å². The standard InChI is InChI=1S/C8H6ClFN2S/c1-5-2-6-4-11-8(9)3-7(6)12(5)13-10/h2-4H,1H3. The molecule has 0 atom stereocenters. The number of pyridine rings is 1. The van der Waals surface area contributed by atoms with Crippen LogP contribution in [-0.4, -0.2) is 8.96 Å². The fourth-order valence-corrected chi connectivity index (χ4v) is 1.83. The number of fused-ring (bicyclic) bond motifs is 1. The molecule has 0 aliphatic heterocycles. The smallest absolute Gasteiger partial charge is 0.170 e. The highest BCUT2D eigenvalue weighted by atomic mass is 35.5. The Morgan fingerprint density at radius 3 is 3.00 bits per heavy atom. The summed E-state index contributed by atoms with van der Waals surface area (Å²) in [7, 11) is 0. The Morgan fingerprint density at radius 1 is 1.54 bits per heavy atom. The van der Waals surface area contributed by atoms with E-state index < -0.39 is 0 Å². The third kappa shape index (κ3) is 1.40. The number of nitrogens with zero attached hydrogens (tertiary/aromatic N) is 2. The normalized spacial score (nSPS) is 11.0. The molecule has 0 bridgehead atoms. The van der Waals surface area contributed by atoms with Crippen molar-refractivity contribution in [1.29, 1.82) is 0 Å². The molecular formula is C8H6ClFN2S. The fourth-order valence-electron chi connectivity index (χ4n) is 1.28. The van der Waals surface area contributed by atoms with E-state index in [1.54, 1.807) is 12.3 Å². The van der Waals surface area contributed by atoms with E-state index in [0.717, 1.165) is 16.6 Å². The minimum absolute atomic E-state index is 0.171. The van der Waals surface area contributed by atoms with E-state index in [1.807, 2.05) is 13.0 Å². The zero-order valence-corrected chi connectivity index (χ0v) is 8.36. The molecule has 2 nitrogen and oxygen atoms in total. The van der Waals surface area contributed by atoms with E-state index in [1.165, 1.54) is 3.97 Å². The Hall–Kier alpha value is -0.740. The molecule has 2 rings (SSSR count). The third-order valence-electron chi connectivity index (χ3n) is 1.85. The lowest BCUT2D eigenvalue weighted by molar-refractivity contribution is 0.916. The summed E-state index contributed by atoms with van der Waals surface area (Å²) < 4.78 is 14.0. The Kier molecular flexibility index (Phi) is 2.17. The van der Waals surface area contributed by atoms with Gasteiger partial charge in [-0.1, -0.05) is 11.6 Å². The average Bonchev–Trinajstić information content (AvgIpc) is 2.40. The second kappa shape index (κ2) is 3.20. The van der Waals surface area contributed by atoms with Crippen molar-refractivity contribution >= 4 is 34.8 Å². The minimum Gasteiger partial charge on any atom is -0.261 e. The summed E-state index contributed by atoms with van der Waals surface area (Å²) in [6.45, 7) is 1.83. The maximum atomic E-state index is 12.5. The number of aryl methyl sites for hydroxylation is 1. The first-order valence-electron chi connectivity index (χ1n) is 3.65. The average molecular weight is 217 g/mol. The van der Waals surface area contributed by atoms with Gasteiger partial charge in [0.05, 0.1) is 5.52 Å². The number of rotatable bonds is 1. The van der Waals surface area contributed by atoms with Crippen molar-refractivity contribution in [1.82, 2.24) is 8.96 Å². The second-order valence-electron chi connectivity index (χ2n) is 2.71. The molecule has 2 aromatic rings. The molecular weight excluding hydrogens is 211 g/mol. The number of hydrogen-bond acceptors (Lipinski definition) is 2. The molecule has 0 aliphatic carbocycles. The zero-order valence-electron chi connectivity index (χ0n) is 6.79. The van der Waals surface area contributed by atoms with E-state index in [0.29, 0.717) is 5.15 Å². The summed E-state index contributed by atoms with van der Waals surface area (Å²) >= 11 is 5.87. The lowest BCUT2D eigenvalue weighted by Gasteiger charge is -1.98. The van der Waals surface area contributed by atoms with Crippen LogP contribution < -0.4 is 0 Å². The van der Waals surface area contributed by atoms with Gasteiger partial charge in [-0.15, -0.1) is 3.89 Å². The lowest BCUT2D eigenvalue weighted by Crippen LogP contribution is -1.85. The maximum Gasteiger partial charge on any atom is 0.170 e. The summed E-state index contributed by atoms with van der Waals surface area (Å²) in [6, 6.07) is 3.52. The Morgan fingerprint density at radius 2 is 2.31 bits per heavy atom. The van der Waals surface area contributed by atoms with Crippen LogP contribution in [-0.2, 0) is 0 Å². The van der Waals surface area contributed by atoms with E-state index in [-0.39, 0.29) is 12.3 Å². The first-order chi connectivity index (χ1) is 6.22. The van der Waals surface area contributed by atoms with Crippen LogP contribution in [0.15, 0.2) is 18.3 Å². The predicted molar refractivity (Wildman–Crippen MR) is 53.6 cm³/mol. The van der Waals surface area contributed by atoms with Crippen LogP contribution >= 0.6 is 23.9 Å². The van der Waals surface area contributed by atoms with Crippen molar-refractivity contribution in [3.05, 3.63) is 29.2 Å². The number of hydrogen-bond donors (Lipinski definition) is 0. The van der Waals surface area contributed by atoms with Crippen molar-refractivity contribution in [3.63, 3.8) is 0 Å². The molecule has 5 heteroatoms. The molecule has 0 amide bonds. The molecule has 0 radical (unpaired) electrons. The quantitative estimate of drug-likeness (QED) is 0.681. The van der Waals surface area contributed by atoms with Crippen molar-refractivity contribution in [2.24, 2.45) is 0 Å². The van der Waals surface area contributed by atoms with Crippen LogP contribution in [0.5, 0.6) is 0 Å². The topological polar surface area (TPSA) is 17.8 Å². The largest absolute Gasteiger partial charge is 0.261 e. The van der Waals surface area contributed by atoms with Gasteiger partial charge < -0.3 is 0 Å². The Labute approximate surface area is 84.1 Å². The molecule has 0 unspecified atom stereocenters. The molecule has 2 aromatic heterocycles. The van der Waals surface area contributed by atoms with Gasteiger partial charge in [0.2, 0.25) is 0 Å². The van der Waals surface area contributed by atoms with Gasteiger partial charge in [-0.05, 0) is 13.0 Å². The highest BCUT2D eigenvalue weighted by Crippen LogP contribution is 2.25. The van der Waals surface area contributed by atoms with Gasteiger partial charge in [-0.2, -0.15) is 0 Å². The zero-order chi connectivity index (χ0) is 9.42. The summed E-state index contributed by atoms with van der Waals surface area (Å²) in [6.07, 6.45) is 1.64. The lowest BCUT2D eigenvalue weighted by atomic mass is 10.3. The first-order valence-corrected chi connectivity index (χ1v) is 4.70. The Balaban J connectivity index is 2.80. The summed E-state index contributed by atoms with van der Waals surface area (Å²) in [4.78, 5) is 3.92. The molecule has 68 valence electrons. The molecule has 2 heterocycles. The van der Waals surface area contributed by atoms with Crippen molar-refractivity contribution < 1.29 is 3.89 Å². The molecule has 0 fully saturated rings. The van der Waals surface area contributed by atoms with Gasteiger partial charge in [-0.3, -0.25) is 3.97 Å². The summed E-state index contributed by atoms with van der Waals surface area (Å²) in [5, 5.41) is 1.27. The molecule has 0 spiro atoms. The first kappa shape index (κ1) is 8.84. The molecule has 13 heavy (non-hydrogen) atoms. The van der Waals surface area contributed by atoms with E-state index in [2.05, 4.69) is 4.98 Å². The van der Waals surface area contributed by atoms with Crippen molar-refractivity contribution in [2.45, 2.75) is 6.92 Å². The van der Waals surface area contributed by atoms with Crippen LogP contribution in [0, 0.1) is 6.92 Å². The van der Waals surface area contributed by atoms with Crippen molar-refractivity contribution in [2.75, 3.05) is 0 Å². The fraction of sp³-hybridized carbons (Fsp3) is 0.125. The molecule has 0 aliphatic rings. The van der Waals surface area contributed by atoms with Crippen LogP contribution in [0.2, 0.25) is 5.15 Å². The summed E-state index contributed by atoms with van der Waals surface area (Å²) in [5.74, 6) is 0. The number of halogens is 2. The van der Waals surface area contributed by atoms with Gasteiger partial charge in [-0.25, -0.2) is 4.98 Å². The third-order valence-corrected chi connectivity index (χ3v) is 2.68. The minimum atomic E-state index is 0.171. The van der Waals surface area contributed by atoms with E-state index in [4.69, 9.17) is 11.6 Å². The highest BCUT2D eigenvalue weighted by molar-refractivity contribution is 7.93. The monoisotopic (exact) mass is 216 g/mol. The van der Waals surface area contributed by atoms with Gasteiger partial charge >= 0.3 is 0 Å². The van der Waals surface area contributed by atoms with Gasteiger partial charge in [0, 0.05) is 23.3 Å². The highest BCUT2D eigenvalue weighted by Gasteiger charge is 2.06. The molecule has 0 N–H and O–H groups in total. The Bertz CT molecular complexity index is 455. The van der Waals surface area contributed by atoms with Crippen molar-refractivity contribution in [3.8, 4) is 0 Å². The van der Waals surface area contributed by atoms with Crippen LogP contribution in [0.3, 0.4) is 0 Å². The second-order valence-corrected chi connectivity index (χ2v) is 3.61. The molecule has 0 saturated heterocycles. The van der Waals surface area contributed by atoms with Gasteiger partial charge in [0.1, 0.15) is 5.15 Å². The molecule has 0 saturated carbocycles. The predicted octanol–water partition coefficient (Wildman–Crippen LogP) is 3.38.